The molecule has 6 heteroatoms. The van der Waals surface area contributed by atoms with Crippen LogP contribution >= 0.6 is 23.2 Å². The van der Waals surface area contributed by atoms with Crippen molar-refractivity contribution >= 4 is 40.4 Å². The first kappa shape index (κ1) is 13.0. The number of carbonyl (C=O) groups excluding carboxylic acids is 1. The summed E-state index contributed by atoms with van der Waals surface area (Å²) in [6, 6.07) is 10.2. The van der Waals surface area contributed by atoms with Crippen LogP contribution in [-0.2, 0) is 0 Å². The summed E-state index contributed by atoms with van der Waals surface area (Å²) < 4.78 is 1.71. The highest BCUT2D eigenvalue weighted by Gasteiger charge is 2.11. The quantitative estimate of drug-likeness (QED) is 0.780. The van der Waals surface area contributed by atoms with Crippen LogP contribution in [0, 0.1) is 0 Å². The van der Waals surface area contributed by atoms with E-state index >= 15 is 0 Å². The van der Waals surface area contributed by atoms with E-state index < -0.39 is 0 Å². The van der Waals surface area contributed by atoms with E-state index in [1.165, 1.54) is 0 Å². The molecule has 20 heavy (non-hydrogen) atoms. The lowest BCUT2D eigenvalue weighted by molar-refractivity contribution is 0.102. The molecule has 0 fully saturated rings. The predicted octanol–water partition coefficient (Wildman–Crippen LogP) is 3.89. The number of halogens is 2. The van der Waals surface area contributed by atoms with Gasteiger partial charge < -0.3 is 5.32 Å². The van der Waals surface area contributed by atoms with E-state index in [0.29, 0.717) is 27.1 Å². The fraction of sp³-hybridized carbons (Fsp3) is 0. The normalized spacial score (nSPS) is 10.7. The minimum Gasteiger partial charge on any atom is -0.321 e. The molecule has 0 saturated heterocycles. The van der Waals surface area contributed by atoms with Crippen LogP contribution in [-0.4, -0.2) is 15.3 Å². The van der Waals surface area contributed by atoms with E-state index in [0.717, 1.165) is 0 Å². The van der Waals surface area contributed by atoms with Crippen molar-refractivity contribution in [3.63, 3.8) is 0 Å². The first-order valence-corrected chi connectivity index (χ1v) is 6.58. The van der Waals surface area contributed by atoms with Gasteiger partial charge in [0.25, 0.3) is 5.91 Å². The first-order valence-electron chi connectivity index (χ1n) is 5.83. The fourth-order valence-corrected chi connectivity index (χ4v) is 2.48. The molecule has 2 heterocycles. The molecule has 100 valence electrons. The van der Waals surface area contributed by atoms with Crippen molar-refractivity contribution in [2.75, 3.05) is 5.32 Å². The Labute approximate surface area is 125 Å². The van der Waals surface area contributed by atoms with Crippen LogP contribution in [0.25, 0.3) is 5.65 Å². The third-order valence-corrected chi connectivity index (χ3v) is 3.22. The van der Waals surface area contributed by atoms with Gasteiger partial charge in [0.2, 0.25) is 0 Å². The van der Waals surface area contributed by atoms with E-state index in [1.54, 1.807) is 47.1 Å². The van der Waals surface area contributed by atoms with Gasteiger partial charge in [0, 0.05) is 28.1 Å². The largest absolute Gasteiger partial charge is 0.321 e. The van der Waals surface area contributed by atoms with E-state index in [1.807, 2.05) is 6.07 Å². The lowest BCUT2D eigenvalue weighted by Gasteiger charge is -2.08. The number of imidazole rings is 1. The smallest absolute Gasteiger partial charge is 0.272 e. The lowest BCUT2D eigenvalue weighted by Crippen LogP contribution is -2.15. The third kappa shape index (κ3) is 2.48. The molecule has 0 radical (unpaired) electrons. The SMILES string of the molecule is O=C(Nc1cc(Cl)cc(Cl)c1)c1cccc2nccn12. The van der Waals surface area contributed by atoms with Crippen molar-refractivity contribution in [1.82, 2.24) is 9.38 Å². The van der Waals surface area contributed by atoms with Gasteiger partial charge in [0.1, 0.15) is 11.3 Å². The Kier molecular flexibility index (Phi) is 3.34. The van der Waals surface area contributed by atoms with Gasteiger partial charge in [-0.15, -0.1) is 0 Å². The Bertz CT molecular complexity index is 778. The molecule has 0 spiro atoms. The molecule has 0 atom stereocenters. The first-order chi connectivity index (χ1) is 9.63. The molecule has 0 saturated carbocycles. The summed E-state index contributed by atoms with van der Waals surface area (Å²) in [6.45, 7) is 0. The summed E-state index contributed by atoms with van der Waals surface area (Å²) in [4.78, 5) is 16.4. The number of hydrogen-bond acceptors (Lipinski definition) is 2. The highest BCUT2D eigenvalue weighted by Crippen LogP contribution is 2.23. The maximum absolute atomic E-state index is 12.3. The molecule has 1 amide bonds. The van der Waals surface area contributed by atoms with Gasteiger partial charge in [0.05, 0.1) is 0 Å². The second-order valence-corrected chi connectivity index (χ2v) is 5.05. The molecule has 0 bridgehead atoms. The fourth-order valence-electron chi connectivity index (χ4n) is 1.95. The van der Waals surface area contributed by atoms with Gasteiger partial charge >= 0.3 is 0 Å². The Morgan fingerprint density at radius 2 is 1.90 bits per heavy atom. The second-order valence-electron chi connectivity index (χ2n) is 4.18. The maximum Gasteiger partial charge on any atom is 0.272 e. The van der Waals surface area contributed by atoms with Crippen molar-refractivity contribution in [3.8, 4) is 0 Å². The third-order valence-electron chi connectivity index (χ3n) is 2.78. The molecular formula is C14H9Cl2N3O. The number of fused-ring (bicyclic) bond motifs is 1. The minimum absolute atomic E-state index is 0.257. The van der Waals surface area contributed by atoms with Crippen molar-refractivity contribution in [2.45, 2.75) is 0 Å². The zero-order chi connectivity index (χ0) is 14.1. The Balaban J connectivity index is 1.95. The lowest BCUT2D eigenvalue weighted by atomic mass is 10.3. The molecule has 2 aromatic heterocycles. The van der Waals surface area contributed by atoms with Gasteiger partial charge in [-0.2, -0.15) is 0 Å². The van der Waals surface area contributed by atoms with Gasteiger partial charge in [-0.25, -0.2) is 4.98 Å². The van der Waals surface area contributed by atoms with Crippen molar-refractivity contribution < 1.29 is 4.79 Å². The van der Waals surface area contributed by atoms with Crippen LogP contribution in [0.3, 0.4) is 0 Å². The number of anilines is 1. The Morgan fingerprint density at radius 3 is 2.65 bits per heavy atom. The molecule has 0 unspecified atom stereocenters. The summed E-state index contributed by atoms with van der Waals surface area (Å²) in [7, 11) is 0. The number of nitrogens with zero attached hydrogens (tertiary/aromatic N) is 2. The van der Waals surface area contributed by atoms with Gasteiger partial charge in [-0.1, -0.05) is 29.3 Å². The van der Waals surface area contributed by atoms with Gasteiger partial charge in [-0.3, -0.25) is 9.20 Å². The van der Waals surface area contributed by atoms with E-state index in [-0.39, 0.29) is 5.91 Å². The maximum atomic E-state index is 12.3. The molecule has 0 aliphatic rings. The van der Waals surface area contributed by atoms with Gasteiger partial charge in [-0.05, 0) is 30.3 Å². The average Bonchev–Trinajstić information content (AvgIpc) is 2.85. The number of rotatable bonds is 2. The van der Waals surface area contributed by atoms with Crippen molar-refractivity contribution in [2.24, 2.45) is 0 Å². The van der Waals surface area contributed by atoms with E-state index in [9.17, 15) is 4.79 Å². The summed E-state index contributed by atoms with van der Waals surface area (Å²) in [5.74, 6) is -0.257. The second kappa shape index (κ2) is 5.15. The van der Waals surface area contributed by atoms with E-state index in [4.69, 9.17) is 23.2 Å². The summed E-state index contributed by atoms with van der Waals surface area (Å²) >= 11 is 11.8. The molecule has 1 aromatic carbocycles. The number of benzene rings is 1. The predicted molar refractivity (Wildman–Crippen MR) is 79.6 cm³/mol. The monoisotopic (exact) mass is 305 g/mol. The Hall–Kier alpha value is -2.04. The molecule has 0 aliphatic carbocycles. The van der Waals surface area contributed by atoms with Crippen LogP contribution < -0.4 is 5.32 Å². The summed E-state index contributed by atoms with van der Waals surface area (Å²) in [6.07, 6.45) is 3.37. The molecule has 3 rings (SSSR count). The van der Waals surface area contributed by atoms with Crippen molar-refractivity contribution in [1.29, 1.82) is 0 Å². The number of carbonyl (C=O) groups is 1. The highest BCUT2D eigenvalue weighted by atomic mass is 35.5. The molecule has 0 aliphatic heterocycles. The van der Waals surface area contributed by atoms with Crippen LogP contribution in [0.1, 0.15) is 10.5 Å². The van der Waals surface area contributed by atoms with Crippen LogP contribution in [0.4, 0.5) is 5.69 Å². The molecule has 4 nitrogen and oxygen atoms in total. The number of nitrogens with one attached hydrogen (secondary N) is 1. The van der Waals surface area contributed by atoms with Gasteiger partial charge in [0.15, 0.2) is 0 Å². The standard InChI is InChI=1S/C14H9Cl2N3O/c15-9-6-10(16)8-11(7-9)18-14(20)12-2-1-3-13-17-4-5-19(12)13/h1-8H,(H,18,20). The van der Waals surface area contributed by atoms with Crippen LogP contribution in [0.5, 0.6) is 0 Å². The number of hydrogen-bond donors (Lipinski definition) is 1. The van der Waals surface area contributed by atoms with Crippen LogP contribution in [0.2, 0.25) is 10.0 Å². The topological polar surface area (TPSA) is 46.4 Å². The molecular weight excluding hydrogens is 297 g/mol. The van der Waals surface area contributed by atoms with Crippen LogP contribution in [0.15, 0.2) is 48.8 Å². The summed E-state index contributed by atoms with van der Waals surface area (Å²) in [5.41, 5.74) is 1.74. The zero-order valence-corrected chi connectivity index (χ0v) is 11.7. The molecule has 3 aromatic rings. The van der Waals surface area contributed by atoms with E-state index in [2.05, 4.69) is 10.3 Å². The zero-order valence-electron chi connectivity index (χ0n) is 10.2. The number of pyridine rings is 1. The average molecular weight is 306 g/mol. The molecule has 1 N–H and O–H groups in total. The number of amides is 1. The highest BCUT2D eigenvalue weighted by molar-refractivity contribution is 6.35. The summed E-state index contributed by atoms with van der Waals surface area (Å²) in [5, 5.41) is 3.70. The number of aromatic nitrogens is 2. The Morgan fingerprint density at radius 1 is 1.15 bits per heavy atom. The minimum atomic E-state index is -0.257. The van der Waals surface area contributed by atoms with Crippen molar-refractivity contribution in [3.05, 3.63) is 64.5 Å².